The van der Waals surface area contributed by atoms with Crippen molar-refractivity contribution in [3.05, 3.63) is 52.2 Å². The minimum atomic E-state index is -3.64. The van der Waals surface area contributed by atoms with Gasteiger partial charge in [-0.3, -0.25) is 9.10 Å². The van der Waals surface area contributed by atoms with E-state index in [1.54, 1.807) is 19.2 Å². The minimum Gasteiger partial charge on any atom is -0.481 e. The quantitative estimate of drug-likeness (QED) is 0.530. The van der Waals surface area contributed by atoms with E-state index >= 15 is 0 Å². The highest BCUT2D eigenvalue weighted by atomic mass is 35.5. The number of hydrogen-bond acceptors (Lipinski definition) is 4. The van der Waals surface area contributed by atoms with Crippen LogP contribution in [0.25, 0.3) is 22.0 Å². The van der Waals surface area contributed by atoms with Gasteiger partial charge in [-0.15, -0.1) is 0 Å². The first kappa shape index (κ1) is 23.6. The van der Waals surface area contributed by atoms with Crippen LogP contribution >= 0.6 is 11.6 Å². The fourth-order valence-corrected chi connectivity index (χ4v) is 6.38. The number of methoxy groups -OCH3 is 1. The standard InChI is InChI=1S/C24H27ClN2O5S/c1-14-11-20-22(16-5-7-17(25)8-6-16)19(12-21(28)29)15(2)23-24(20)26(14)13-18(9-10-32-3)27(23)33(4,30)31/h5-8,11,18H,9-10,12-13H2,1-4H3,(H,28,29)/t18-/m0/s1. The van der Waals surface area contributed by atoms with Crippen LogP contribution in [0.1, 0.15) is 23.2 Å². The van der Waals surface area contributed by atoms with Crippen LogP contribution < -0.4 is 4.31 Å². The van der Waals surface area contributed by atoms with E-state index in [0.29, 0.717) is 41.4 Å². The number of aryl methyl sites for hydroxylation is 1. The lowest BCUT2D eigenvalue weighted by atomic mass is 9.88. The first-order valence-electron chi connectivity index (χ1n) is 10.7. The number of hydrogen-bond donors (Lipinski definition) is 1. The molecule has 1 atom stereocenters. The van der Waals surface area contributed by atoms with Crippen LogP contribution in [0.15, 0.2) is 30.3 Å². The van der Waals surface area contributed by atoms with Gasteiger partial charge in [0.05, 0.1) is 29.9 Å². The summed E-state index contributed by atoms with van der Waals surface area (Å²) in [6, 6.07) is 8.98. The smallest absolute Gasteiger partial charge is 0.307 e. The molecule has 0 spiro atoms. The number of sulfonamides is 1. The first-order chi connectivity index (χ1) is 15.5. The molecule has 2 heterocycles. The predicted molar refractivity (Wildman–Crippen MR) is 131 cm³/mol. The Labute approximate surface area is 198 Å². The Kier molecular flexibility index (Phi) is 6.20. The summed E-state index contributed by atoms with van der Waals surface area (Å²) in [7, 11) is -2.04. The normalized spacial score (nSPS) is 15.9. The molecule has 1 aliphatic heterocycles. The molecular weight excluding hydrogens is 464 g/mol. The molecule has 1 aliphatic rings. The summed E-state index contributed by atoms with van der Waals surface area (Å²) < 4.78 is 34.9. The number of benzene rings is 2. The van der Waals surface area contributed by atoms with Crippen molar-refractivity contribution in [1.82, 2.24) is 4.57 Å². The molecule has 176 valence electrons. The summed E-state index contributed by atoms with van der Waals surface area (Å²) in [4.78, 5) is 11.9. The number of anilines is 1. The Hall–Kier alpha value is -2.55. The average Bonchev–Trinajstić information content (AvgIpc) is 3.06. The van der Waals surface area contributed by atoms with Crippen molar-refractivity contribution in [3.63, 3.8) is 0 Å². The molecule has 2 aromatic carbocycles. The second kappa shape index (κ2) is 8.66. The molecule has 9 heteroatoms. The molecule has 0 unspecified atom stereocenters. The van der Waals surface area contributed by atoms with Crippen LogP contribution in [0.4, 0.5) is 5.69 Å². The van der Waals surface area contributed by atoms with Gasteiger partial charge in [0, 0.05) is 36.4 Å². The number of halogens is 1. The van der Waals surface area contributed by atoms with E-state index < -0.39 is 16.0 Å². The molecule has 0 aliphatic carbocycles. The van der Waals surface area contributed by atoms with Gasteiger partial charge in [0.15, 0.2) is 0 Å². The van der Waals surface area contributed by atoms with Gasteiger partial charge in [-0.2, -0.15) is 0 Å². The zero-order valence-corrected chi connectivity index (χ0v) is 20.6. The molecule has 4 rings (SSSR count). The monoisotopic (exact) mass is 490 g/mol. The molecule has 33 heavy (non-hydrogen) atoms. The number of nitrogens with zero attached hydrogens (tertiary/aromatic N) is 2. The first-order valence-corrected chi connectivity index (χ1v) is 12.9. The van der Waals surface area contributed by atoms with Gasteiger partial charge in [-0.25, -0.2) is 8.42 Å². The van der Waals surface area contributed by atoms with Crippen LogP contribution in [-0.4, -0.2) is 50.1 Å². The van der Waals surface area contributed by atoms with Gasteiger partial charge in [-0.05, 0) is 60.7 Å². The minimum absolute atomic E-state index is 0.225. The van der Waals surface area contributed by atoms with E-state index in [1.165, 1.54) is 10.6 Å². The van der Waals surface area contributed by atoms with E-state index in [2.05, 4.69) is 4.57 Å². The molecule has 7 nitrogen and oxygen atoms in total. The summed E-state index contributed by atoms with van der Waals surface area (Å²) in [5.41, 5.74) is 5.26. The summed E-state index contributed by atoms with van der Waals surface area (Å²) >= 11 is 6.10. The third kappa shape index (κ3) is 4.11. The maximum absolute atomic E-state index is 13.0. The summed E-state index contributed by atoms with van der Waals surface area (Å²) in [6.07, 6.45) is 1.50. The number of carbonyl (C=O) groups is 1. The van der Waals surface area contributed by atoms with Crippen molar-refractivity contribution < 1.29 is 23.1 Å². The van der Waals surface area contributed by atoms with E-state index in [1.807, 2.05) is 32.0 Å². The van der Waals surface area contributed by atoms with Gasteiger partial charge < -0.3 is 14.4 Å². The number of ether oxygens (including phenoxy) is 1. The summed E-state index contributed by atoms with van der Waals surface area (Å²) in [6.45, 7) is 4.72. The maximum atomic E-state index is 13.0. The highest BCUT2D eigenvalue weighted by molar-refractivity contribution is 7.92. The van der Waals surface area contributed by atoms with Crippen molar-refractivity contribution in [2.45, 2.75) is 39.3 Å². The van der Waals surface area contributed by atoms with Crippen LogP contribution in [0, 0.1) is 13.8 Å². The second-order valence-electron chi connectivity index (χ2n) is 8.56. The molecule has 0 bridgehead atoms. The van der Waals surface area contributed by atoms with Crippen molar-refractivity contribution in [2.24, 2.45) is 0 Å². The lowest BCUT2D eigenvalue weighted by Crippen LogP contribution is -2.46. The van der Waals surface area contributed by atoms with Gasteiger partial charge in [-0.1, -0.05) is 23.7 Å². The predicted octanol–water partition coefficient (Wildman–Crippen LogP) is 4.39. The van der Waals surface area contributed by atoms with Crippen molar-refractivity contribution in [1.29, 1.82) is 0 Å². The lowest BCUT2D eigenvalue weighted by molar-refractivity contribution is -0.136. The second-order valence-corrected chi connectivity index (χ2v) is 10.9. The number of aliphatic carboxylic acids is 1. The molecule has 3 aromatic rings. The van der Waals surface area contributed by atoms with E-state index in [9.17, 15) is 18.3 Å². The molecule has 1 N–H and O–H groups in total. The van der Waals surface area contributed by atoms with E-state index in [-0.39, 0.29) is 12.5 Å². The highest BCUT2D eigenvalue weighted by Crippen LogP contribution is 2.47. The van der Waals surface area contributed by atoms with Crippen LogP contribution in [0.3, 0.4) is 0 Å². The number of carboxylic acid groups (broad SMARTS) is 1. The third-order valence-corrected chi connectivity index (χ3v) is 7.77. The van der Waals surface area contributed by atoms with Crippen molar-refractivity contribution in [3.8, 4) is 11.1 Å². The molecule has 0 saturated heterocycles. The van der Waals surface area contributed by atoms with E-state index in [4.69, 9.17) is 16.3 Å². The number of rotatable bonds is 7. The maximum Gasteiger partial charge on any atom is 0.307 e. The largest absolute Gasteiger partial charge is 0.481 e. The zero-order valence-electron chi connectivity index (χ0n) is 19.1. The highest BCUT2D eigenvalue weighted by Gasteiger charge is 2.37. The average molecular weight is 491 g/mol. The molecule has 0 amide bonds. The number of aromatic nitrogens is 1. The Balaban J connectivity index is 2.12. The fraction of sp³-hybridized carbons (Fsp3) is 0.375. The molecule has 0 radical (unpaired) electrons. The van der Waals surface area contributed by atoms with Crippen molar-refractivity contribution in [2.75, 3.05) is 24.3 Å². The Morgan fingerprint density at radius 3 is 2.48 bits per heavy atom. The Bertz CT molecular complexity index is 1350. The van der Waals surface area contributed by atoms with Crippen LogP contribution in [0.5, 0.6) is 0 Å². The third-order valence-electron chi connectivity index (χ3n) is 6.33. The van der Waals surface area contributed by atoms with Crippen LogP contribution in [0.2, 0.25) is 5.02 Å². The molecule has 1 aromatic heterocycles. The van der Waals surface area contributed by atoms with Crippen molar-refractivity contribution >= 4 is 44.2 Å². The molecular formula is C24H27ClN2O5S. The topological polar surface area (TPSA) is 88.8 Å². The number of carboxylic acids is 1. The molecule has 0 fully saturated rings. The SMILES string of the molecule is COCC[C@H]1Cn2c(C)cc3c(-c4ccc(Cl)cc4)c(CC(=O)O)c(C)c(c32)N1S(C)(=O)=O. The van der Waals surface area contributed by atoms with Gasteiger partial charge in [0.1, 0.15) is 0 Å². The molecule has 0 saturated carbocycles. The summed E-state index contributed by atoms with van der Waals surface area (Å²) in [5, 5.41) is 11.2. The zero-order chi connectivity index (χ0) is 24.1. The lowest BCUT2D eigenvalue weighted by Gasteiger charge is -2.39. The summed E-state index contributed by atoms with van der Waals surface area (Å²) in [5.74, 6) is -0.978. The van der Waals surface area contributed by atoms with Gasteiger partial charge >= 0.3 is 5.97 Å². The van der Waals surface area contributed by atoms with Gasteiger partial charge in [0.2, 0.25) is 10.0 Å². The Morgan fingerprint density at radius 1 is 1.24 bits per heavy atom. The Morgan fingerprint density at radius 2 is 1.91 bits per heavy atom. The fourth-order valence-electron chi connectivity index (χ4n) is 4.98. The van der Waals surface area contributed by atoms with E-state index in [0.717, 1.165) is 27.7 Å². The van der Waals surface area contributed by atoms with Crippen LogP contribution in [-0.2, 0) is 32.5 Å². The van der Waals surface area contributed by atoms with Gasteiger partial charge in [0.25, 0.3) is 0 Å².